The highest BCUT2D eigenvalue weighted by molar-refractivity contribution is 5.24. The quantitative estimate of drug-likeness (QED) is 0.846. The highest BCUT2D eigenvalue weighted by atomic mass is 16.3. The molecule has 1 saturated heterocycles. The van der Waals surface area contributed by atoms with Crippen LogP contribution in [-0.2, 0) is 0 Å². The van der Waals surface area contributed by atoms with E-state index < -0.39 is 0 Å². The van der Waals surface area contributed by atoms with Crippen molar-refractivity contribution in [3.8, 4) is 0 Å². The van der Waals surface area contributed by atoms with Crippen LogP contribution in [-0.4, -0.2) is 22.6 Å². The van der Waals surface area contributed by atoms with Crippen LogP contribution in [0.4, 0.5) is 0 Å². The zero-order valence-electron chi connectivity index (χ0n) is 11.1. The second kappa shape index (κ2) is 5.16. The number of aliphatic hydroxyl groups excluding tert-OH is 1. The first-order valence-electron chi connectivity index (χ1n) is 6.81. The summed E-state index contributed by atoms with van der Waals surface area (Å²) >= 11 is 0. The van der Waals surface area contributed by atoms with E-state index in [9.17, 15) is 5.11 Å². The van der Waals surface area contributed by atoms with E-state index in [1.807, 2.05) is 36.4 Å². The van der Waals surface area contributed by atoms with E-state index in [0.29, 0.717) is 6.04 Å². The summed E-state index contributed by atoms with van der Waals surface area (Å²) in [5.74, 6) is 0. The van der Waals surface area contributed by atoms with Gasteiger partial charge in [-0.15, -0.1) is 0 Å². The molecule has 2 aromatic rings. The Morgan fingerprint density at radius 1 is 0.947 bits per heavy atom. The van der Waals surface area contributed by atoms with Gasteiger partial charge in [0.25, 0.3) is 0 Å². The molecule has 2 unspecified atom stereocenters. The molecule has 98 valence electrons. The third-order valence-corrected chi connectivity index (χ3v) is 3.98. The van der Waals surface area contributed by atoms with E-state index in [4.69, 9.17) is 0 Å². The normalized spacial score (nSPS) is 24.7. The van der Waals surface area contributed by atoms with Crippen molar-refractivity contribution in [2.75, 3.05) is 6.54 Å². The summed E-state index contributed by atoms with van der Waals surface area (Å²) in [5.41, 5.74) is 2.32. The largest absolute Gasteiger partial charge is 0.387 e. The molecule has 0 radical (unpaired) electrons. The summed E-state index contributed by atoms with van der Waals surface area (Å²) in [5, 5.41) is 10.4. The highest BCUT2D eigenvalue weighted by Crippen LogP contribution is 2.38. The van der Waals surface area contributed by atoms with Crippen LogP contribution in [0.3, 0.4) is 0 Å². The Balaban J connectivity index is 1.68. The first-order valence-corrected chi connectivity index (χ1v) is 6.81. The summed E-state index contributed by atoms with van der Waals surface area (Å²) in [6, 6.07) is 21.0. The molecule has 1 fully saturated rings. The number of benzene rings is 2. The predicted octanol–water partition coefficient (Wildman–Crippen LogP) is 3.17. The van der Waals surface area contributed by atoms with Crippen molar-refractivity contribution in [1.82, 2.24) is 4.90 Å². The molecule has 2 heteroatoms. The third-order valence-electron chi connectivity index (χ3n) is 3.98. The second-order valence-corrected chi connectivity index (χ2v) is 5.21. The van der Waals surface area contributed by atoms with Gasteiger partial charge in [-0.3, -0.25) is 4.90 Å². The van der Waals surface area contributed by atoms with Crippen molar-refractivity contribution in [3.05, 3.63) is 71.8 Å². The topological polar surface area (TPSA) is 23.2 Å². The molecular formula is C17H19NO. The summed E-state index contributed by atoms with van der Waals surface area (Å²) < 4.78 is 0. The van der Waals surface area contributed by atoms with Crippen molar-refractivity contribution in [3.63, 3.8) is 0 Å². The molecule has 3 rings (SSSR count). The van der Waals surface area contributed by atoms with Gasteiger partial charge in [0, 0.05) is 12.6 Å². The number of aliphatic hydroxyl groups is 1. The average Bonchev–Trinajstić information content (AvgIpc) is 3.28. The van der Waals surface area contributed by atoms with Gasteiger partial charge < -0.3 is 5.11 Å². The molecule has 19 heavy (non-hydrogen) atoms. The summed E-state index contributed by atoms with van der Waals surface area (Å²) in [7, 11) is 0. The smallest absolute Gasteiger partial charge is 0.0957 e. The van der Waals surface area contributed by atoms with Crippen LogP contribution in [0.5, 0.6) is 0 Å². The van der Waals surface area contributed by atoms with Gasteiger partial charge in [-0.1, -0.05) is 60.7 Å². The minimum atomic E-state index is -0.382. The van der Waals surface area contributed by atoms with Gasteiger partial charge in [0.1, 0.15) is 0 Å². The van der Waals surface area contributed by atoms with Crippen LogP contribution in [0.25, 0.3) is 0 Å². The van der Waals surface area contributed by atoms with Crippen molar-refractivity contribution in [2.24, 2.45) is 0 Å². The number of hydrogen-bond acceptors (Lipinski definition) is 2. The van der Waals surface area contributed by atoms with Gasteiger partial charge in [0.05, 0.1) is 12.1 Å². The molecule has 0 amide bonds. The van der Waals surface area contributed by atoms with Crippen LogP contribution >= 0.6 is 0 Å². The van der Waals surface area contributed by atoms with Gasteiger partial charge in [-0.25, -0.2) is 0 Å². The number of hydrogen-bond donors (Lipinski definition) is 1. The Labute approximate surface area is 114 Å². The predicted molar refractivity (Wildman–Crippen MR) is 76.8 cm³/mol. The zero-order chi connectivity index (χ0) is 13.2. The summed E-state index contributed by atoms with van der Waals surface area (Å²) in [6.45, 7) is 3.17. The first-order chi connectivity index (χ1) is 9.27. The van der Waals surface area contributed by atoms with E-state index in [-0.39, 0.29) is 12.1 Å². The van der Waals surface area contributed by atoms with Crippen molar-refractivity contribution < 1.29 is 5.11 Å². The lowest BCUT2D eigenvalue weighted by Gasteiger charge is -2.17. The summed E-state index contributed by atoms with van der Waals surface area (Å²) in [6.07, 6.45) is -0.382. The maximum Gasteiger partial charge on any atom is 0.0957 e. The first kappa shape index (κ1) is 12.4. The molecule has 1 heterocycles. The van der Waals surface area contributed by atoms with Crippen molar-refractivity contribution in [1.29, 1.82) is 0 Å². The number of rotatable bonds is 4. The Bertz CT molecular complexity index is 476. The minimum Gasteiger partial charge on any atom is -0.387 e. The molecule has 0 bridgehead atoms. The molecule has 2 aromatic carbocycles. The maximum absolute atomic E-state index is 10.4. The average molecular weight is 253 g/mol. The Hall–Kier alpha value is -1.64. The molecule has 0 spiro atoms. The Kier molecular flexibility index (Phi) is 3.36. The molecule has 0 aliphatic carbocycles. The fourth-order valence-electron chi connectivity index (χ4n) is 2.69. The van der Waals surface area contributed by atoms with Gasteiger partial charge in [0.15, 0.2) is 0 Å². The van der Waals surface area contributed by atoms with Crippen LogP contribution in [0.1, 0.15) is 30.2 Å². The molecule has 1 aliphatic heterocycles. The second-order valence-electron chi connectivity index (χ2n) is 5.21. The van der Waals surface area contributed by atoms with Gasteiger partial charge in [-0.05, 0) is 18.1 Å². The molecule has 1 aliphatic rings. The minimum absolute atomic E-state index is 0.248. The Morgan fingerprint density at radius 2 is 1.47 bits per heavy atom. The monoisotopic (exact) mass is 253 g/mol. The van der Waals surface area contributed by atoms with E-state index in [2.05, 4.69) is 36.1 Å². The van der Waals surface area contributed by atoms with E-state index in [0.717, 1.165) is 12.1 Å². The van der Waals surface area contributed by atoms with Crippen LogP contribution in [0.15, 0.2) is 60.7 Å². The third kappa shape index (κ3) is 2.55. The van der Waals surface area contributed by atoms with Crippen LogP contribution in [0.2, 0.25) is 0 Å². The fraction of sp³-hybridized carbons (Fsp3) is 0.294. The SMILES string of the molecule is C[C@@H](c1ccccc1)N1C[C@@H]1C(O)c1ccccc1. The maximum atomic E-state index is 10.4. The van der Waals surface area contributed by atoms with Gasteiger partial charge >= 0.3 is 0 Å². The van der Waals surface area contributed by atoms with Gasteiger partial charge in [-0.2, -0.15) is 0 Å². The fourth-order valence-corrected chi connectivity index (χ4v) is 2.69. The molecule has 0 saturated carbocycles. The lowest BCUT2D eigenvalue weighted by atomic mass is 10.1. The van der Waals surface area contributed by atoms with E-state index >= 15 is 0 Å². The van der Waals surface area contributed by atoms with E-state index in [1.54, 1.807) is 0 Å². The summed E-state index contributed by atoms with van der Waals surface area (Å²) in [4.78, 5) is 2.34. The van der Waals surface area contributed by atoms with Gasteiger partial charge in [0.2, 0.25) is 0 Å². The Morgan fingerprint density at radius 3 is 2.05 bits per heavy atom. The molecular weight excluding hydrogens is 234 g/mol. The highest BCUT2D eigenvalue weighted by Gasteiger charge is 2.43. The van der Waals surface area contributed by atoms with E-state index in [1.165, 1.54) is 5.56 Å². The van der Waals surface area contributed by atoms with Crippen molar-refractivity contribution >= 4 is 0 Å². The molecule has 0 aromatic heterocycles. The molecule has 2 nitrogen and oxygen atoms in total. The lowest BCUT2D eigenvalue weighted by molar-refractivity contribution is 0.151. The molecule has 4 atom stereocenters. The standard InChI is InChI=1S/C17H19NO/c1-13(14-8-4-2-5-9-14)18-12-16(18)17(19)15-10-6-3-7-11-15/h2-11,13,16-17,19H,12H2,1H3/t13-,16+,17?,18?/m0/s1. The zero-order valence-corrected chi connectivity index (χ0v) is 11.1. The number of nitrogens with zero attached hydrogens (tertiary/aromatic N) is 1. The van der Waals surface area contributed by atoms with Crippen LogP contribution in [0, 0.1) is 0 Å². The van der Waals surface area contributed by atoms with Crippen LogP contribution < -0.4 is 0 Å². The molecule has 1 N–H and O–H groups in total. The lowest BCUT2D eigenvalue weighted by Crippen LogP contribution is -2.14. The van der Waals surface area contributed by atoms with Crippen molar-refractivity contribution in [2.45, 2.75) is 25.1 Å².